The normalized spacial score (nSPS) is 38.3. The predicted molar refractivity (Wildman–Crippen MR) is 138 cm³/mol. The van der Waals surface area contributed by atoms with E-state index >= 15 is 4.39 Å². The van der Waals surface area contributed by atoms with Crippen molar-refractivity contribution in [3.05, 3.63) is 35.7 Å². The number of aliphatic hydroxyl groups is 1. The Morgan fingerprint density at radius 2 is 1.50 bits per heavy atom. The van der Waals surface area contributed by atoms with Gasteiger partial charge in [0.15, 0.2) is 41.3 Å². The van der Waals surface area contributed by atoms with E-state index in [0.29, 0.717) is 0 Å². The van der Waals surface area contributed by atoms with Crippen LogP contribution in [-0.2, 0) is 36.7 Å². The van der Waals surface area contributed by atoms with Gasteiger partial charge in [0.1, 0.15) is 42.4 Å². The number of nitrogens with one attached hydrogen (secondary N) is 1. The average Bonchev–Trinajstić information content (AvgIpc) is 3.73. The number of nitrogen functional groups attached to an aromatic ring is 1. The number of nitrogens with zero attached hydrogens (tertiary/aromatic N) is 7. The number of aromatic amines is 1. The third-order valence-corrected chi connectivity index (χ3v) is 9.16. The summed E-state index contributed by atoms with van der Waals surface area (Å²) in [6, 6.07) is 0. The standard InChI is InChI=1S/C20H22FN9O12P2/c21-9-13-8(40-19(9)29-6-28-11-17(29)25-4-26-18(11)32)2-38-44(35,36)42-14-12(31)7(1-37-43(33,34)41-13)39-20(14)30-5-27-10-15(22)23-3-24-16(10)30/h3-9,12-14,19-20,31H,1-2H2,(H,33,34)(H,35,36)(H2,22,23,24)(H,25,26,32)/t7?,8?,9-,12-,13-,14-,19?,20+/m1/s1. The van der Waals surface area contributed by atoms with Gasteiger partial charge in [-0.05, 0) is 0 Å². The molecule has 3 aliphatic rings. The third-order valence-electron chi connectivity index (χ3n) is 7.19. The van der Waals surface area contributed by atoms with Gasteiger partial charge in [-0.25, -0.2) is 38.4 Å². The molecule has 3 saturated heterocycles. The number of hydrogen-bond donors (Lipinski definition) is 5. The van der Waals surface area contributed by atoms with Crippen LogP contribution in [0.2, 0.25) is 0 Å². The number of nitrogens with two attached hydrogens (primary N) is 1. The van der Waals surface area contributed by atoms with Crippen LogP contribution < -0.4 is 11.3 Å². The number of H-pyrrole nitrogens is 1. The molecule has 4 aromatic rings. The maximum absolute atomic E-state index is 15.8. The van der Waals surface area contributed by atoms with Crippen LogP contribution >= 0.6 is 15.6 Å². The fraction of sp³-hybridized carbons (Fsp3) is 0.500. The highest BCUT2D eigenvalue weighted by molar-refractivity contribution is 7.47. The predicted octanol–water partition coefficient (Wildman–Crippen LogP) is -0.947. The van der Waals surface area contributed by atoms with E-state index in [2.05, 4.69) is 29.9 Å². The fourth-order valence-corrected chi connectivity index (χ4v) is 7.07. The first-order valence-electron chi connectivity index (χ1n) is 12.7. The van der Waals surface area contributed by atoms with Crippen LogP contribution in [0.15, 0.2) is 30.1 Å². The monoisotopic (exact) mass is 661 g/mol. The summed E-state index contributed by atoms with van der Waals surface area (Å²) in [5, 5.41) is 11.0. The fourth-order valence-electron chi connectivity index (χ4n) is 5.18. The molecule has 0 aromatic carbocycles. The van der Waals surface area contributed by atoms with E-state index in [1.165, 1.54) is 10.9 Å². The molecule has 3 fully saturated rings. The second-order valence-corrected chi connectivity index (χ2v) is 12.7. The highest BCUT2D eigenvalue weighted by atomic mass is 31.2. The molecule has 0 aliphatic carbocycles. The van der Waals surface area contributed by atoms with Gasteiger partial charge in [0.2, 0.25) is 0 Å². The van der Waals surface area contributed by atoms with Crippen molar-refractivity contribution in [2.45, 2.75) is 49.1 Å². The molecule has 7 heterocycles. The second kappa shape index (κ2) is 10.7. The molecule has 4 aromatic heterocycles. The molecule has 21 nitrogen and oxygen atoms in total. The summed E-state index contributed by atoms with van der Waals surface area (Å²) >= 11 is 0. The number of aliphatic hydroxyl groups excluding tert-OH is 1. The van der Waals surface area contributed by atoms with E-state index in [0.717, 1.165) is 23.5 Å². The molecule has 0 saturated carbocycles. The zero-order chi connectivity index (χ0) is 31.0. The van der Waals surface area contributed by atoms with Crippen molar-refractivity contribution >= 4 is 43.8 Å². The van der Waals surface area contributed by atoms with E-state index in [-0.39, 0.29) is 28.1 Å². The minimum Gasteiger partial charge on any atom is -0.387 e. The van der Waals surface area contributed by atoms with Gasteiger partial charge in [0, 0.05) is 0 Å². The Morgan fingerprint density at radius 3 is 2.25 bits per heavy atom. The lowest BCUT2D eigenvalue weighted by molar-refractivity contribution is -0.0671. The highest BCUT2D eigenvalue weighted by Crippen LogP contribution is 2.54. The Kier molecular flexibility index (Phi) is 7.14. The van der Waals surface area contributed by atoms with E-state index < -0.39 is 83.6 Å². The largest absolute Gasteiger partial charge is 0.472 e. The Labute approximate surface area is 242 Å². The molecule has 0 amide bonds. The quantitative estimate of drug-likeness (QED) is 0.162. The maximum atomic E-state index is 15.8. The topological polar surface area (TPSA) is 283 Å². The molecule has 0 spiro atoms. The Hall–Kier alpha value is -3.27. The first-order chi connectivity index (χ1) is 20.9. The molecule has 236 valence electrons. The molecule has 44 heavy (non-hydrogen) atoms. The number of phosphoric acid groups is 2. The van der Waals surface area contributed by atoms with Crippen molar-refractivity contribution < 1.29 is 56.0 Å². The Balaban J connectivity index is 1.20. The third kappa shape index (κ3) is 5.03. The van der Waals surface area contributed by atoms with Crippen molar-refractivity contribution in [1.29, 1.82) is 0 Å². The number of fused-ring (bicyclic) bond motifs is 5. The van der Waals surface area contributed by atoms with Gasteiger partial charge in [-0.15, -0.1) is 0 Å². The summed E-state index contributed by atoms with van der Waals surface area (Å²) in [5.41, 5.74) is 5.26. The molecule has 7 rings (SSSR count). The van der Waals surface area contributed by atoms with Crippen LogP contribution in [0.25, 0.3) is 22.3 Å². The zero-order valence-electron chi connectivity index (χ0n) is 21.8. The summed E-state index contributed by atoms with van der Waals surface area (Å²) in [6.45, 7) is -1.73. The lowest BCUT2D eigenvalue weighted by Gasteiger charge is -2.25. The van der Waals surface area contributed by atoms with Crippen LogP contribution in [0.3, 0.4) is 0 Å². The number of rotatable bonds is 2. The van der Waals surface area contributed by atoms with E-state index in [9.17, 15) is 28.8 Å². The molecule has 3 aliphatic heterocycles. The van der Waals surface area contributed by atoms with Crippen molar-refractivity contribution in [3.8, 4) is 0 Å². The Bertz CT molecular complexity index is 1890. The van der Waals surface area contributed by atoms with E-state index in [1.807, 2.05) is 0 Å². The van der Waals surface area contributed by atoms with E-state index in [1.54, 1.807) is 0 Å². The van der Waals surface area contributed by atoms with Crippen molar-refractivity contribution in [1.82, 2.24) is 39.0 Å². The lowest BCUT2D eigenvalue weighted by atomic mass is 10.1. The van der Waals surface area contributed by atoms with Crippen LogP contribution in [0, 0.1) is 0 Å². The number of hydrogen-bond acceptors (Lipinski definition) is 16. The summed E-state index contributed by atoms with van der Waals surface area (Å²) in [5.74, 6) is 0.0168. The lowest BCUT2D eigenvalue weighted by Crippen LogP contribution is -2.35. The summed E-state index contributed by atoms with van der Waals surface area (Å²) in [4.78, 5) is 55.4. The number of imidazole rings is 2. The number of aromatic nitrogens is 8. The van der Waals surface area contributed by atoms with Gasteiger partial charge >= 0.3 is 15.6 Å². The molecule has 6 N–H and O–H groups in total. The number of ether oxygens (including phenoxy) is 2. The summed E-state index contributed by atoms with van der Waals surface area (Å²) in [6.07, 6.45) is -9.15. The molecule has 2 bridgehead atoms. The van der Waals surface area contributed by atoms with Gasteiger partial charge in [-0.1, -0.05) is 0 Å². The van der Waals surface area contributed by atoms with Gasteiger partial charge < -0.3 is 35.1 Å². The van der Waals surface area contributed by atoms with Crippen LogP contribution in [-0.4, -0.2) is 104 Å². The molecule has 5 unspecified atom stereocenters. The minimum absolute atomic E-state index is 0.0168. The molecule has 0 radical (unpaired) electrons. The summed E-state index contributed by atoms with van der Waals surface area (Å²) in [7, 11) is -10.2. The maximum Gasteiger partial charge on any atom is 0.472 e. The molecular weight excluding hydrogens is 639 g/mol. The number of phosphoric ester groups is 2. The molecule has 10 atom stereocenters. The summed E-state index contributed by atoms with van der Waals surface area (Å²) < 4.78 is 76.3. The van der Waals surface area contributed by atoms with Gasteiger partial charge in [0.05, 0.1) is 32.2 Å². The van der Waals surface area contributed by atoms with Crippen LogP contribution in [0.4, 0.5) is 10.2 Å². The van der Waals surface area contributed by atoms with E-state index in [4.69, 9.17) is 33.3 Å². The first-order valence-corrected chi connectivity index (χ1v) is 15.7. The van der Waals surface area contributed by atoms with Crippen molar-refractivity contribution in [2.24, 2.45) is 0 Å². The second-order valence-electron chi connectivity index (χ2n) is 9.87. The molecular formula is C20H22FN9O12P2. The zero-order valence-corrected chi connectivity index (χ0v) is 23.6. The van der Waals surface area contributed by atoms with Gasteiger partial charge in [-0.2, -0.15) is 0 Å². The first kappa shape index (κ1) is 29.4. The average molecular weight is 661 g/mol. The SMILES string of the molecule is Nc1ncnc2c1ncn2[C@H]1OC2COP(=O)(O)O[C@@H]3C(COP(=O)(O)O[C@@H]1[C@@H]2O)OC(n1cnc2c(=O)[nH]cnc21)[C@@H]3F. The number of alkyl halides is 1. The Morgan fingerprint density at radius 1 is 0.886 bits per heavy atom. The molecule has 24 heteroatoms. The smallest absolute Gasteiger partial charge is 0.387 e. The number of anilines is 1. The minimum atomic E-state index is -5.13. The van der Waals surface area contributed by atoms with Crippen molar-refractivity contribution in [2.75, 3.05) is 18.9 Å². The van der Waals surface area contributed by atoms with Crippen molar-refractivity contribution in [3.63, 3.8) is 0 Å². The van der Waals surface area contributed by atoms with Crippen LogP contribution in [0.1, 0.15) is 12.5 Å². The van der Waals surface area contributed by atoms with Gasteiger partial charge in [-0.3, -0.25) is 32.0 Å². The number of halogens is 1. The van der Waals surface area contributed by atoms with Crippen LogP contribution in [0.5, 0.6) is 0 Å². The van der Waals surface area contributed by atoms with Gasteiger partial charge in [0.25, 0.3) is 5.56 Å². The highest BCUT2D eigenvalue weighted by Gasteiger charge is 2.54.